The Morgan fingerprint density at radius 1 is 1.09 bits per heavy atom. The minimum Gasteiger partial charge on any atom is -0.508 e. The van der Waals surface area contributed by atoms with Gasteiger partial charge in [0.05, 0.1) is 7.45 Å². The Morgan fingerprint density at radius 3 is 2.27 bits per heavy atom. The molecule has 0 aliphatic rings. The van der Waals surface area contributed by atoms with E-state index in [-0.39, 0.29) is 22.6 Å². The van der Waals surface area contributed by atoms with Crippen LogP contribution in [0.4, 0.5) is 0 Å². The van der Waals surface area contributed by atoms with Crippen molar-refractivity contribution in [3.63, 3.8) is 0 Å². The Hall–Kier alpha value is -2.04. The number of hydrogen-bond acceptors (Lipinski definition) is 4. The van der Waals surface area contributed by atoms with Crippen LogP contribution < -0.4 is 5.32 Å². The highest BCUT2D eigenvalue weighted by Crippen LogP contribution is 2.16. The van der Waals surface area contributed by atoms with Gasteiger partial charge in [0.1, 0.15) is 11.5 Å². The average molecular weight is 310 g/mol. The molecule has 118 valence electrons. The minimum atomic E-state index is -3.41. The molecule has 4 heteroatoms. The predicted octanol–water partition coefficient (Wildman–Crippen LogP) is 2.74. The maximum atomic E-state index is 10.5. The quantitative estimate of drug-likeness (QED) is 0.634. The van der Waals surface area contributed by atoms with E-state index in [2.05, 4.69) is 0 Å². The molecule has 0 amide bonds. The maximum absolute atomic E-state index is 10.5. The molecule has 2 unspecified atom stereocenters. The van der Waals surface area contributed by atoms with Crippen molar-refractivity contribution in [3.05, 3.63) is 59.7 Å². The van der Waals surface area contributed by atoms with Crippen LogP contribution in [0.1, 0.15) is 42.8 Å². The zero-order chi connectivity index (χ0) is 23.9. The first-order valence-corrected chi connectivity index (χ1v) is 6.52. The SMILES string of the molecule is [2H]C([2H])([2H])C([2H])(NC([2H])([2H])C([2H])(O)c1ccc(O)cc1)C([2H])([2H])Cc1ccc(O)cc1. The fourth-order valence-corrected chi connectivity index (χ4v) is 1.66. The minimum absolute atomic E-state index is 0.0973. The smallest absolute Gasteiger partial charge is 0.115 e. The summed E-state index contributed by atoms with van der Waals surface area (Å²) < 4.78 is 72.5. The van der Waals surface area contributed by atoms with Crippen LogP contribution in [-0.2, 0) is 6.42 Å². The van der Waals surface area contributed by atoms with Crippen molar-refractivity contribution in [2.75, 3.05) is 6.50 Å². The molecule has 2 rings (SSSR count). The molecule has 2 aromatic rings. The number of aliphatic hydroxyl groups is 1. The largest absolute Gasteiger partial charge is 0.508 e. The van der Waals surface area contributed by atoms with Gasteiger partial charge in [0, 0.05) is 23.5 Å². The molecule has 2 aromatic carbocycles. The van der Waals surface area contributed by atoms with Crippen LogP contribution in [-0.4, -0.2) is 27.8 Å². The van der Waals surface area contributed by atoms with E-state index in [9.17, 15) is 15.3 Å². The first kappa shape index (κ1) is 7.99. The highest BCUT2D eigenvalue weighted by atomic mass is 16.3. The number of nitrogens with one attached hydrogen (secondary N) is 1. The van der Waals surface area contributed by atoms with Crippen LogP contribution in [0.3, 0.4) is 0 Å². The summed E-state index contributed by atoms with van der Waals surface area (Å²) in [5.41, 5.74) is -0.111. The van der Waals surface area contributed by atoms with Crippen molar-refractivity contribution >= 4 is 0 Å². The number of phenolic OH excluding ortho intramolecular Hbond substituents is 2. The highest BCUT2D eigenvalue weighted by Gasteiger charge is 2.09. The molecule has 0 spiro atoms. The van der Waals surface area contributed by atoms with E-state index in [1.165, 1.54) is 24.3 Å². The van der Waals surface area contributed by atoms with Gasteiger partial charge in [-0.1, -0.05) is 24.3 Å². The van der Waals surface area contributed by atoms with Crippen LogP contribution in [0.15, 0.2) is 48.5 Å². The third-order valence-electron chi connectivity index (χ3n) is 2.85. The van der Waals surface area contributed by atoms with Gasteiger partial charge in [-0.25, -0.2) is 0 Å². The van der Waals surface area contributed by atoms with Gasteiger partial charge >= 0.3 is 0 Å². The van der Waals surface area contributed by atoms with Crippen molar-refractivity contribution < 1.29 is 27.7 Å². The summed E-state index contributed by atoms with van der Waals surface area (Å²) in [5, 5.41) is 31.0. The number of aryl methyl sites for hydroxylation is 1. The summed E-state index contributed by atoms with van der Waals surface area (Å²) in [5.74, 6) is -0.310. The third-order valence-corrected chi connectivity index (χ3v) is 2.85. The lowest BCUT2D eigenvalue weighted by Gasteiger charge is -2.17. The van der Waals surface area contributed by atoms with Gasteiger partial charge in [0.2, 0.25) is 0 Å². The van der Waals surface area contributed by atoms with Crippen LogP contribution in [0.5, 0.6) is 11.5 Å². The van der Waals surface area contributed by atoms with Crippen molar-refractivity contribution in [1.82, 2.24) is 5.32 Å². The van der Waals surface area contributed by atoms with Crippen molar-refractivity contribution in [3.8, 4) is 11.5 Å². The zero-order valence-corrected chi connectivity index (χ0v) is 11.7. The molecular weight excluding hydrogens is 278 g/mol. The molecule has 0 bridgehead atoms. The molecule has 0 saturated carbocycles. The van der Waals surface area contributed by atoms with E-state index in [0.29, 0.717) is 0 Å². The van der Waals surface area contributed by atoms with Crippen LogP contribution in [0.2, 0.25) is 0 Å². The Bertz CT molecular complexity index is 899. The van der Waals surface area contributed by atoms with Crippen LogP contribution in [0, 0.1) is 0 Å². The molecular formula is C18H23NO3. The Morgan fingerprint density at radius 2 is 1.68 bits per heavy atom. The van der Waals surface area contributed by atoms with E-state index < -0.39 is 38.2 Å². The van der Waals surface area contributed by atoms with E-state index in [4.69, 9.17) is 12.3 Å². The predicted molar refractivity (Wildman–Crippen MR) is 87.0 cm³/mol. The number of benzene rings is 2. The van der Waals surface area contributed by atoms with Gasteiger partial charge in [0.25, 0.3) is 0 Å². The van der Waals surface area contributed by atoms with Crippen molar-refractivity contribution in [1.29, 1.82) is 0 Å². The van der Waals surface area contributed by atoms with E-state index in [0.717, 1.165) is 24.3 Å². The Balaban J connectivity index is 2.46. The molecule has 0 aliphatic carbocycles. The number of rotatable bonds is 7. The molecule has 0 radical (unpaired) electrons. The summed E-state index contributed by atoms with van der Waals surface area (Å²) in [4.78, 5) is 0. The fraction of sp³-hybridized carbons (Fsp3) is 0.333. The summed E-state index contributed by atoms with van der Waals surface area (Å²) in [6, 6.07) is 6.17. The number of phenols is 2. The Labute approximate surface area is 143 Å². The van der Waals surface area contributed by atoms with Crippen LogP contribution in [0.25, 0.3) is 0 Å². The lowest BCUT2D eigenvalue weighted by atomic mass is 10.1. The van der Waals surface area contributed by atoms with Gasteiger partial charge in [-0.2, -0.15) is 0 Å². The molecule has 0 fully saturated rings. The molecule has 0 heterocycles. The van der Waals surface area contributed by atoms with E-state index >= 15 is 0 Å². The fourth-order valence-electron chi connectivity index (χ4n) is 1.66. The molecule has 4 nitrogen and oxygen atoms in total. The molecule has 22 heavy (non-hydrogen) atoms. The van der Waals surface area contributed by atoms with Crippen molar-refractivity contribution in [2.24, 2.45) is 0 Å². The topological polar surface area (TPSA) is 72.7 Å². The van der Waals surface area contributed by atoms with E-state index in [1.54, 1.807) is 5.32 Å². The van der Waals surface area contributed by atoms with E-state index in [1.807, 2.05) is 0 Å². The number of hydrogen-bond donors (Lipinski definition) is 4. The second-order valence-corrected chi connectivity index (χ2v) is 4.54. The number of aromatic hydroxyl groups is 2. The van der Waals surface area contributed by atoms with Gasteiger partial charge in [-0.15, -0.1) is 0 Å². The standard InChI is InChI=1S/C18H23NO3/c1-13(2-3-14-4-8-16(20)9-5-14)19-12-18(22)15-6-10-17(21)11-7-15/h4-11,13,18-22H,2-3,12H2,1H3/i1D3,2D2,12D2,13D,18D. The molecule has 0 aromatic heterocycles. The lowest BCUT2D eigenvalue weighted by molar-refractivity contribution is 0.170. The molecule has 0 aliphatic heterocycles. The maximum Gasteiger partial charge on any atom is 0.115 e. The Kier molecular flexibility index (Phi) is 2.84. The van der Waals surface area contributed by atoms with Gasteiger partial charge < -0.3 is 20.6 Å². The second-order valence-electron chi connectivity index (χ2n) is 4.54. The summed E-state index contributed by atoms with van der Waals surface area (Å²) in [6.07, 6.45) is -6.67. The van der Waals surface area contributed by atoms with Gasteiger partial charge in [-0.3, -0.25) is 0 Å². The lowest BCUT2D eigenvalue weighted by Crippen LogP contribution is -2.30. The third kappa shape index (κ3) is 5.06. The normalized spacial score (nSPS) is 24.5. The summed E-state index contributed by atoms with van der Waals surface area (Å²) in [7, 11) is 0. The first-order valence-electron chi connectivity index (χ1n) is 11.0. The average Bonchev–Trinajstić information content (AvgIpc) is 2.62. The molecule has 2 atom stereocenters. The second kappa shape index (κ2) is 7.82. The van der Waals surface area contributed by atoms with Gasteiger partial charge in [0.15, 0.2) is 0 Å². The molecule has 0 saturated heterocycles. The monoisotopic (exact) mass is 310 g/mol. The first-order chi connectivity index (χ1) is 13.9. The summed E-state index contributed by atoms with van der Waals surface area (Å²) in [6.45, 7) is -6.71. The summed E-state index contributed by atoms with van der Waals surface area (Å²) >= 11 is 0. The van der Waals surface area contributed by atoms with Crippen LogP contribution >= 0.6 is 0 Å². The van der Waals surface area contributed by atoms with Gasteiger partial charge in [-0.05, 0) is 55.0 Å². The van der Waals surface area contributed by atoms with Crippen molar-refractivity contribution in [2.45, 2.75) is 31.7 Å². The highest BCUT2D eigenvalue weighted by molar-refractivity contribution is 5.27. The zero-order valence-electron chi connectivity index (χ0n) is 20.7. The molecule has 4 N–H and O–H groups in total.